The predicted molar refractivity (Wildman–Crippen MR) is 110 cm³/mol. The average Bonchev–Trinajstić information content (AvgIpc) is 2.72. The van der Waals surface area contributed by atoms with Crippen LogP contribution in [0.2, 0.25) is 0 Å². The Morgan fingerprint density at radius 3 is 2.14 bits per heavy atom. The van der Waals surface area contributed by atoms with E-state index in [0.29, 0.717) is 25.2 Å². The van der Waals surface area contributed by atoms with Crippen molar-refractivity contribution in [1.82, 2.24) is 0 Å². The Morgan fingerprint density at radius 2 is 1.46 bits per heavy atom. The van der Waals surface area contributed by atoms with E-state index in [1.54, 1.807) is 13.8 Å². The van der Waals surface area contributed by atoms with Crippen molar-refractivity contribution >= 4 is 22.7 Å². The largest absolute Gasteiger partial charge is 0.466 e. The number of fused-ring (bicyclic) bond motifs is 1. The highest BCUT2D eigenvalue weighted by atomic mass is 16.5. The molecule has 0 aromatic heterocycles. The highest BCUT2D eigenvalue weighted by Gasteiger charge is 2.20. The number of hydrogen-bond donors (Lipinski definition) is 0. The smallest absolute Gasteiger partial charge is 0.338 e. The van der Waals surface area contributed by atoms with E-state index in [0.717, 1.165) is 27.5 Å². The van der Waals surface area contributed by atoms with E-state index in [2.05, 4.69) is 0 Å². The summed E-state index contributed by atoms with van der Waals surface area (Å²) >= 11 is 0. The number of benzene rings is 3. The minimum absolute atomic E-state index is 0.239. The average molecular weight is 376 g/mol. The van der Waals surface area contributed by atoms with Gasteiger partial charge in [0.2, 0.25) is 0 Å². The topological polar surface area (TPSA) is 52.6 Å². The third-order valence-corrected chi connectivity index (χ3v) is 4.59. The predicted octanol–water partition coefficient (Wildman–Crippen LogP) is 5.18. The maximum absolute atomic E-state index is 12.8. The van der Waals surface area contributed by atoms with Crippen molar-refractivity contribution in [2.45, 2.75) is 26.7 Å². The Balaban J connectivity index is 2.18. The first-order valence-electron chi connectivity index (χ1n) is 9.58. The van der Waals surface area contributed by atoms with Crippen LogP contribution in [-0.2, 0) is 20.7 Å². The van der Waals surface area contributed by atoms with Gasteiger partial charge in [0.25, 0.3) is 0 Å². The van der Waals surface area contributed by atoms with Gasteiger partial charge in [-0.1, -0.05) is 54.6 Å². The molecule has 0 saturated heterocycles. The van der Waals surface area contributed by atoms with E-state index in [1.165, 1.54) is 0 Å². The zero-order valence-corrected chi connectivity index (χ0v) is 16.2. The van der Waals surface area contributed by atoms with Gasteiger partial charge in [0, 0.05) is 12.0 Å². The van der Waals surface area contributed by atoms with E-state index in [-0.39, 0.29) is 18.4 Å². The maximum atomic E-state index is 12.8. The molecule has 4 nitrogen and oxygen atoms in total. The molecule has 0 saturated carbocycles. The molecule has 0 N–H and O–H groups in total. The van der Waals surface area contributed by atoms with Gasteiger partial charge in [-0.05, 0) is 48.2 Å². The van der Waals surface area contributed by atoms with Crippen molar-refractivity contribution in [2.24, 2.45) is 0 Å². The molecule has 0 heterocycles. The van der Waals surface area contributed by atoms with Crippen LogP contribution in [0, 0.1) is 0 Å². The number of ether oxygens (including phenoxy) is 2. The maximum Gasteiger partial charge on any atom is 0.338 e. The Hall–Kier alpha value is -3.14. The summed E-state index contributed by atoms with van der Waals surface area (Å²) in [6, 6.07) is 19.7. The Bertz CT molecular complexity index is 977. The molecule has 0 aliphatic carbocycles. The van der Waals surface area contributed by atoms with Crippen LogP contribution in [0.1, 0.15) is 36.2 Å². The van der Waals surface area contributed by atoms with Crippen LogP contribution >= 0.6 is 0 Å². The molecule has 0 fully saturated rings. The monoisotopic (exact) mass is 376 g/mol. The van der Waals surface area contributed by atoms with Crippen molar-refractivity contribution in [3.8, 4) is 11.1 Å². The van der Waals surface area contributed by atoms with Gasteiger partial charge in [-0.25, -0.2) is 4.79 Å². The molecule has 28 heavy (non-hydrogen) atoms. The number of hydrogen-bond acceptors (Lipinski definition) is 4. The quantitative estimate of drug-likeness (QED) is 0.533. The Morgan fingerprint density at radius 1 is 0.821 bits per heavy atom. The first-order chi connectivity index (χ1) is 13.7. The second-order valence-electron chi connectivity index (χ2n) is 6.40. The summed E-state index contributed by atoms with van der Waals surface area (Å²) in [6.45, 7) is 4.25. The third kappa shape index (κ3) is 4.22. The molecule has 0 radical (unpaired) electrons. The summed E-state index contributed by atoms with van der Waals surface area (Å²) in [7, 11) is 0. The van der Waals surface area contributed by atoms with Gasteiger partial charge in [-0.15, -0.1) is 0 Å². The molecule has 144 valence electrons. The second kappa shape index (κ2) is 9.18. The number of esters is 2. The zero-order chi connectivity index (χ0) is 19.9. The number of aryl methyl sites for hydroxylation is 1. The van der Waals surface area contributed by atoms with Crippen LogP contribution in [0.25, 0.3) is 21.9 Å². The highest BCUT2D eigenvalue weighted by Crippen LogP contribution is 2.35. The van der Waals surface area contributed by atoms with Crippen LogP contribution in [0.5, 0.6) is 0 Å². The standard InChI is InChI=1S/C24H24O4/c1-3-27-22(25)15-14-18-16-21(24(26)28-4-2)23(17-10-6-5-7-11-17)20-13-9-8-12-19(18)20/h5-13,16H,3-4,14-15H2,1-2H3. The lowest BCUT2D eigenvalue weighted by atomic mass is 9.89. The summed E-state index contributed by atoms with van der Waals surface area (Å²) in [6.07, 6.45) is 0.769. The molecule has 0 aliphatic rings. The summed E-state index contributed by atoms with van der Waals surface area (Å²) in [4.78, 5) is 24.6. The molecule has 0 spiro atoms. The van der Waals surface area contributed by atoms with Gasteiger partial charge < -0.3 is 9.47 Å². The molecule has 0 amide bonds. The summed E-state index contributed by atoms with van der Waals surface area (Å²) < 4.78 is 10.4. The van der Waals surface area contributed by atoms with Crippen LogP contribution in [-0.4, -0.2) is 25.2 Å². The lowest BCUT2D eigenvalue weighted by Crippen LogP contribution is -2.10. The SMILES string of the molecule is CCOC(=O)CCc1cc(C(=O)OCC)c(-c2ccccc2)c2ccccc12. The van der Waals surface area contributed by atoms with E-state index in [4.69, 9.17) is 9.47 Å². The Kier molecular flexibility index (Phi) is 6.43. The van der Waals surface area contributed by atoms with Gasteiger partial charge in [0.1, 0.15) is 0 Å². The second-order valence-corrected chi connectivity index (χ2v) is 6.40. The zero-order valence-electron chi connectivity index (χ0n) is 16.2. The fraction of sp³-hybridized carbons (Fsp3) is 0.250. The van der Waals surface area contributed by atoms with Crippen LogP contribution in [0.15, 0.2) is 60.7 Å². The van der Waals surface area contributed by atoms with Gasteiger partial charge in [0.15, 0.2) is 0 Å². The molecule has 3 rings (SSSR count). The van der Waals surface area contributed by atoms with Gasteiger partial charge in [-0.2, -0.15) is 0 Å². The minimum Gasteiger partial charge on any atom is -0.466 e. The van der Waals surface area contributed by atoms with E-state index >= 15 is 0 Å². The molecule has 0 aliphatic heterocycles. The van der Waals surface area contributed by atoms with Crippen molar-refractivity contribution in [3.05, 3.63) is 71.8 Å². The van der Waals surface area contributed by atoms with E-state index in [9.17, 15) is 9.59 Å². The molecule has 0 bridgehead atoms. The molecular weight excluding hydrogens is 352 g/mol. The fourth-order valence-electron chi connectivity index (χ4n) is 3.41. The first kappa shape index (κ1) is 19.6. The first-order valence-corrected chi connectivity index (χ1v) is 9.58. The fourth-order valence-corrected chi connectivity index (χ4v) is 3.41. The number of carbonyl (C=O) groups excluding carboxylic acids is 2. The Labute approximate surface area is 165 Å². The van der Waals surface area contributed by atoms with Crippen LogP contribution in [0.4, 0.5) is 0 Å². The highest BCUT2D eigenvalue weighted by molar-refractivity contribution is 6.09. The molecule has 3 aromatic rings. The summed E-state index contributed by atoms with van der Waals surface area (Å²) in [5, 5.41) is 2.00. The van der Waals surface area contributed by atoms with Gasteiger partial charge >= 0.3 is 11.9 Å². The number of carbonyl (C=O) groups is 2. The molecular formula is C24H24O4. The van der Waals surface area contributed by atoms with Crippen molar-refractivity contribution in [3.63, 3.8) is 0 Å². The van der Waals surface area contributed by atoms with E-state index < -0.39 is 0 Å². The van der Waals surface area contributed by atoms with Gasteiger partial charge in [0.05, 0.1) is 18.8 Å². The van der Waals surface area contributed by atoms with Gasteiger partial charge in [-0.3, -0.25) is 4.79 Å². The van der Waals surface area contributed by atoms with Crippen molar-refractivity contribution in [2.75, 3.05) is 13.2 Å². The van der Waals surface area contributed by atoms with Crippen molar-refractivity contribution < 1.29 is 19.1 Å². The van der Waals surface area contributed by atoms with E-state index in [1.807, 2.05) is 60.7 Å². The molecule has 3 aromatic carbocycles. The summed E-state index contributed by atoms with van der Waals surface area (Å²) in [5.74, 6) is -0.596. The molecule has 0 atom stereocenters. The lowest BCUT2D eigenvalue weighted by molar-refractivity contribution is -0.143. The molecule has 0 unspecified atom stereocenters. The number of rotatable bonds is 7. The normalized spacial score (nSPS) is 10.6. The van der Waals surface area contributed by atoms with Crippen LogP contribution < -0.4 is 0 Å². The summed E-state index contributed by atoms with van der Waals surface area (Å²) in [5.41, 5.74) is 3.27. The van der Waals surface area contributed by atoms with Crippen molar-refractivity contribution in [1.29, 1.82) is 0 Å². The minimum atomic E-state index is -0.357. The molecule has 4 heteroatoms. The lowest BCUT2D eigenvalue weighted by Gasteiger charge is -2.16. The van der Waals surface area contributed by atoms with Crippen LogP contribution in [0.3, 0.4) is 0 Å². The third-order valence-electron chi connectivity index (χ3n) is 4.59.